The summed E-state index contributed by atoms with van der Waals surface area (Å²) >= 11 is 0. The second-order valence-electron chi connectivity index (χ2n) is 45.9. The lowest BCUT2D eigenvalue weighted by atomic mass is 9.49. The lowest BCUT2D eigenvalue weighted by Crippen LogP contribution is -2.60. The van der Waals surface area contributed by atoms with E-state index < -0.39 is 10.8 Å². The lowest BCUT2D eigenvalue weighted by molar-refractivity contribution is -0.217. The molecule has 26 unspecified atom stereocenters. The largest absolute Gasteiger partial charge is 0.462 e. The first-order valence-corrected chi connectivity index (χ1v) is 49.1. The van der Waals surface area contributed by atoms with Gasteiger partial charge in [0.1, 0.15) is 46.8 Å². The van der Waals surface area contributed by atoms with E-state index in [1.165, 1.54) is 116 Å². The van der Waals surface area contributed by atoms with E-state index in [1.54, 1.807) is 0 Å². The fourth-order valence-corrected chi connectivity index (χ4v) is 32.0. The van der Waals surface area contributed by atoms with Crippen molar-refractivity contribution in [1.82, 2.24) is 0 Å². The Balaban J connectivity index is 0.000000111. The van der Waals surface area contributed by atoms with Crippen LogP contribution >= 0.6 is 0 Å². The second kappa shape index (κ2) is 32.1. The zero-order chi connectivity index (χ0) is 81.8. The number of ether oxygens (including phenoxy) is 8. The van der Waals surface area contributed by atoms with Gasteiger partial charge in [-0.3, -0.25) is 38.4 Å². The van der Waals surface area contributed by atoms with E-state index >= 15 is 0 Å². The number of esters is 8. The van der Waals surface area contributed by atoms with Crippen LogP contribution in [0.3, 0.4) is 0 Å². The van der Waals surface area contributed by atoms with Gasteiger partial charge >= 0.3 is 47.8 Å². The molecule has 0 spiro atoms. The highest BCUT2D eigenvalue weighted by Gasteiger charge is 2.70. The van der Waals surface area contributed by atoms with Crippen molar-refractivity contribution < 1.29 is 76.3 Å². The third kappa shape index (κ3) is 15.0. The Kier molecular flexibility index (Phi) is 23.3. The van der Waals surface area contributed by atoms with Crippen molar-refractivity contribution in [2.45, 2.75) is 388 Å². The summed E-state index contributed by atoms with van der Waals surface area (Å²) in [5, 5.41) is 0. The van der Waals surface area contributed by atoms with Crippen LogP contribution in [0.4, 0.5) is 0 Å². The maximum Gasteiger partial charge on any atom is 0.311 e. The predicted molar refractivity (Wildman–Crippen MR) is 439 cm³/mol. The molecule has 26 atom stereocenters. The van der Waals surface area contributed by atoms with Gasteiger partial charge in [0.25, 0.3) is 0 Å². The van der Waals surface area contributed by atoms with Crippen LogP contribution in [0.2, 0.25) is 0 Å². The maximum atomic E-state index is 13.5. The standard InChI is InChI=1S/C26H40O4.2C25H38O4.C24H36O4/c1-5-25(3,4)24(28)29-22-14-17-12-20(22)21(13-17)23(27)30-26(6-2)18-8-15-7-16(10-18)11-19(26)9-15;1-5-24(2,3)23(27)28-21-13-16-11-19(21)20(12-16)22(26)29-25(4)17-7-14-6-15(9-17)10-18(25)8-14;1-4-14(3)23(26)28-20-13-16-12-19(20)22-17-10-15(21(16)22)11-18(17)24(27)29-25(5-2)8-6-7-9-25;1-4-13(2)22(25)27-19-12-15-11-18(19)21-16-9-14(20(15)21)10-17(16)23(26)28-24(3)7-5-6-8-24/h15-22H,5-14H2,1-4H3;14-21H,5-13H2,1-4H3;14-22H,4-13H2,1-3H3;13-21H,4-12H2,1-3H3. The summed E-state index contributed by atoms with van der Waals surface area (Å²) in [6.07, 6.45) is 41.6. The van der Waals surface area contributed by atoms with Crippen molar-refractivity contribution in [2.24, 2.45) is 188 Å². The number of fused-ring (bicyclic) bond motifs is 22. The van der Waals surface area contributed by atoms with Crippen LogP contribution in [0, 0.1) is 188 Å². The smallest absolute Gasteiger partial charge is 0.311 e. The molecule has 0 saturated heterocycles. The highest BCUT2D eigenvalue weighted by atomic mass is 16.6. The molecule has 0 aliphatic heterocycles. The molecule has 0 heterocycles. The number of carbonyl (C=O) groups excluding carboxylic acids is 8. The van der Waals surface area contributed by atoms with E-state index in [-0.39, 0.29) is 142 Å². The molecule has 22 aliphatic rings. The molecule has 648 valence electrons. The average molecular weight is 1610 g/mol. The van der Waals surface area contributed by atoms with Crippen LogP contribution < -0.4 is 0 Å². The minimum Gasteiger partial charge on any atom is -0.462 e. The molecule has 0 aromatic carbocycles. The van der Waals surface area contributed by atoms with Gasteiger partial charge < -0.3 is 37.9 Å². The van der Waals surface area contributed by atoms with Crippen molar-refractivity contribution >= 4 is 47.8 Å². The first kappa shape index (κ1) is 84.0. The predicted octanol–water partition coefficient (Wildman–Crippen LogP) is 20.6. The van der Waals surface area contributed by atoms with Crippen LogP contribution in [0.25, 0.3) is 0 Å². The third-order valence-electron chi connectivity index (χ3n) is 39.1. The monoisotopic (exact) mass is 1610 g/mol. The summed E-state index contributed by atoms with van der Waals surface area (Å²) in [6.45, 7) is 28.6. The van der Waals surface area contributed by atoms with Crippen molar-refractivity contribution in [3.63, 3.8) is 0 Å². The van der Waals surface area contributed by atoms with Gasteiger partial charge in [0, 0.05) is 11.8 Å². The van der Waals surface area contributed by atoms with Crippen molar-refractivity contribution in [3.05, 3.63) is 0 Å². The molecule has 0 aromatic rings. The Bertz CT molecular complexity index is 3590. The molecule has 22 saturated carbocycles. The van der Waals surface area contributed by atoms with E-state index in [4.69, 9.17) is 37.9 Å². The molecular weight excluding hydrogens is 1460 g/mol. The molecule has 116 heavy (non-hydrogen) atoms. The van der Waals surface area contributed by atoms with Gasteiger partial charge in [-0.2, -0.15) is 0 Å². The molecule has 0 aromatic heterocycles. The van der Waals surface area contributed by atoms with E-state index in [0.717, 1.165) is 164 Å². The van der Waals surface area contributed by atoms with Crippen molar-refractivity contribution in [1.29, 1.82) is 0 Å². The molecule has 20 bridgehead atoms. The van der Waals surface area contributed by atoms with Gasteiger partial charge in [-0.05, 0) is 416 Å². The minimum atomic E-state index is -0.454. The van der Waals surface area contributed by atoms with Crippen LogP contribution in [0.5, 0.6) is 0 Å². The lowest BCUT2D eigenvalue weighted by Gasteiger charge is -2.60. The Morgan fingerprint density at radius 2 is 0.690 bits per heavy atom. The number of rotatable bonds is 22. The fraction of sp³-hybridized carbons (Fsp3) is 0.920. The van der Waals surface area contributed by atoms with E-state index in [9.17, 15) is 38.4 Å². The van der Waals surface area contributed by atoms with Crippen LogP contribution in [0.1, 0.15) is 341 Å². The van der Waals surface area contributed by atoms with Crippen LogP contribution in [0.15, 0.2) is 0 Å². The molecule has 22 aliphatic carbocycles. The SMILES string of the molecule is CCC(C)(C)C(=O)OC1CC2CC(C(=O)OC3(C)C4CC5CC(C4)CC3C5)C1C2.CCC(C)(C)C(=O)OC1CC2CC(C(=O)OC3(CC)C4CC5CC(C4)CC3C5)C1C2.CCC(C)C(=O)OC1CC2CC1C1C3CC(CC3C(=O)OC3(C)CCCC3)C21.CCC(C)C(=O)OC1CC2CC1C1C3CC(CC3C(=O)OC3(CC)CCCC3)C21. The van der Waals surface area contributed by atoms with Crippen molar-refractivity contribution in [2.75, 3.05) is 0 Å². The molecular formula is C100H152O16. The first-order chi connectivity index (χ1) is 55.3. The minimum absolute atomic E-state index is 0.00275. The molecule has 0 N–H and O–H groups in total. The fourth-order valence-electron chi connectivity index (χ4n) is 32.0. The number of carbonyl (C=O) groups is 8. The Morgan fingerprint density at radius 1 is 0.336 bits per heavy atom. The molecule has 16 heteroatoms. The number of hydrogen-bond donors (Lipinski definition) is 0. The summed E-state index contributed by atoms with van der Waals surface area (Å²) in [5.41, 5.74) is -1.79. The Hall–Kier alpha value is -4.24. The molecule has 22 rings (SSSR count). The van der Waals surface area contributed by atoms with Gasteiger partial charge in [0.2, 0.25) is 0 Å². The van der Waals surface area contributed by atoms with E-state index in [1.807, 2.05) is 69.2 Å². The average Bonchev–Trinajstić information content (AvgIpc) is 1.51. The van der Waals surface area contributed by atoms with E-state index in [2.05, 4.69) is 27.7 Å². The molecule has 0 radical (unpaired) electrons. The zero-order valence-electron chi connectivity index (χ0n) is 74.0. The normalized spacial score (nSPS) is 46.1. The van der Waals surface area contributed by atoms with Crippen LogP contribution in [-0.4, -0.2) is 94.6 Å². The zero-order valence-corrected chi connectivity index (χ0v) is 74.0. The number of hydrogen-bond acceptors (Lipinski definition) is 16. The summed E-state index contributed by atoms with van der Waals surface area (Å²) in [4.78, 5) is 103. The van der Waals surface area contributed by atoms with Crippen LogP contribution in [-0.2, 0) is 76.3 Å². The van der Waals surface area contributed by atoms with Gasteiger partial charge in [-0.15, -0.1) is 0 Å². The molecule has 0 amide bonds. The highest BCUT2D eigenvalue weighted by Crippen LogP contribution is 2.72. The van der Waals surface area contributed by atoms with Gasteiger partial charge in [-0.25, -0.2) is 0 Å². The first-order valence-electron chi connectivity index (χ1n) is 49.1. The van der Waals surface area contributed by atoms with Gasteiger partial charge in [0.15, 0.2) is 0 Å². The quantitative estimate of drug-likeness (QED) is 0.0560. The van der Waals surface area contributed by atoms with Gasteiger partial charge in [0.05, 0.1) is 46.3 Å². The summed E-state index contributed by atoms with van der Waals surface area (Å²) in [6, 6.07) is 0. The summed E-state index contributed by atoms with van der Waals surface area (Å²) in [5.74, 6) is 14.4. The molecule has 16 nitrogen and oxygen atoms in total. The van der Waals surface area contributed by atoms with Crippen molar-refractivity contribution in [3.8, 4) is 0 Å². The third-order valence-corrected chi connectivity index (χ3v) is 39.1. The molecule has 22 fully saturated rings. The van der Waals surface area contributed by atoms with E-state index in [0.29, 0.717) is 94.7 Å². The second-order valence-corrected chi connectivity index (χ2v) is 45.9. The Morgan fingerprint density at radius 3 is 1.09 bits per heavy atom. The topological polar surface area (TPSA) is 210 Å². The summed E-state index contributed by atoms with van der Waals surface area (Å²) in [7, 11) is 0. The maximum absolute atomic E-state index is 13.5. The summed E-state index contributed by atoms with van der Waals surface area (Å²) < 4.78 is 49.2. The highest BCUT2D eigenvalue weighted by molar-refractivity contribution is 5.79. The Labute approximate surface area is 696 Å². The van der Waals surface area contributed by atoms with Gasteiger partial charge in [-0.1, -0.05) is 55.4 Å².